The van der Waals surface area contributed by atoms with E-state index in [-0.39, 0.29) is 5.78 Å². The highest BCUT2D eigenvalue weighted by Crippen LogP contribution is 2.33. The summed E-state index contributed by atoms with van der Waals surface area (Å²) in [5, 5.41) is 10.3. The minimum Gasteiger partial charge on any atom is -0.478 e. The molecule has 0 aliphatic carbocycles. The van der Waals surface area contributed by atoms with Crippen molar-refractivity contribution in [1.29, 1.82) is 0 Å². The van der Waals surface area contributed by atoms with Gasteiger partial charge >= 0.3 is 0 Å². The third-order valence-corrected chi connectivity index (χ3v) is 3.37. The van der Waals surface area contributed by atoms with Gasteiger partial charge in [-0.25, -0.2) is 0 Å². The second-order valence-corrected chi connectivity index (χ2v) is 4.75. The first-order chi connectivity index (χ1) is 9.16. The maximum atomic E-state index is 12.2. The van der Waals surface area contributed by atoms with Gasteiger partial charge in [0.05, 0.1) is 5.56 Å². The van der Waals surface area contributed by atoms with Gasteiger partial charge in [0.15, 0.2) is 6.10 Å². The lowest BCUT2D eigenvalue weighted by molar-refractivity contribution is 0.0407. The van der Waals surface area contributed by atoms with E-state index in [0.717, 1.165) is 5.56 Å². The highest BCUT2D eigenvalue weighted by molar-refractivity contribution is 6.04. The van der Waals surface area contributed by atoms with Gasteiger partial charge < -0.3 is 9.84 Å². The average molecular weight is 254 g/mol. The number of benzene rings is 2. The molecule has 3 heteroatoms. The lowest BCUT2D eigenvalue weighted by Gasteiger charge is -2.17. The van der Waals surface area contributed by atoms with Gasteiger partial charge in [0.25, 0.3) is 0 Å². The fourth-order valence-corrected chi connectivity index (χ4v) is 2.26. The summed E-state index contributed by atoms with van der Waals surface area (Å²) in [5.74, 6) is 0.382. The first kappa shape index (κ1) is 11.9. The van der Waals surface area contributed by atoms with Crippen LogP contribution in [0.15, 0.2) is 48.5 Å². The molecule has 2 aromatic rings. The minimum absolute atomic E-state index is 0.163. The van der Waals surface area contributed by atoms with Crippen molar-refractivity contribution in [3.05, 3.63) is 65.2 Å². The number of ether oxygens (including phenoxy) is 1. The number of hydrogen-bond acceptors (Lipinski definition) is 3. The minimum atomic E-state index is -0.944. The van der Waals surface area contributed by atoms with E-state index in [0.29, 0.717) is 16.9 Å². The summed E-state index contributed by atoms with van der Waals surface area (Å²) in [6.07, 6.45) is -1.79. The molecule has 0 bridgehead atoms. The first-order valence-electron chi connectivity index (χ1n) is 6.21. The first-order valence-corrected chi connectivity index (χ1v) is 6.21. The van der Waals surface area contributed by atoms with Crippen LogP contribution in [0.25, 0.3) is 0 Å². The van der Waals surface area contributed by atoms with Crippen molar-refractivity contribution in [3.8, 4) is 5.75 Å². The molecule has 0 saturated carbocycles. The van der Waals surface area contributed by atoms with Crippen molar-refractivity contribution in [2.75, 3.05) is 0 Å². The number of fused-ring (bicyclic) bond motifs is 1. The van der Waals surface area contributed by atoms with Crippen molar-refractivity contribution in [1.82, 2.24) is 0 Å². The normalized spacial score (nSPS) is 18.8. The molecule has 0 spiro atoms. The number of aliphatic hydroxyl groups is 1. The standard InChI is InChI=1S/C16H14O3/c1-10-6-8-11(9-7-10)14(17)16-15(18)12-4-2-3-5-13(12)19-16/h2-9,14,16-17H,1H3/t14-,16+/m1/s1. The SMILES string of the molecule is Cc1ccc([C@@H](O)[C@@H]2Oc3ccccc3C2=O)cc1. The fourth-order valence-electron chi connectivity index (χ4n) is 2.26. The van der Waals surface area contributed by atoms with Crippen molar-refractivity contribution >= 4 is 5.78 Å². The molecule has 0 fully saturated rings. The van der Waals surface area contributed by atoms with Crippen LogP contribution in [0.5, 0.6) is 5.75 Å². The molecule has 3 rings (SSSR count). The molecule has 2 atom stereocenters. The molecule has 19 heavy (non-hydrogen) atoms. The van der Waals surface area contributed by atoms with E-state index in [2.05, 4.69) is 0 Å². The zero-order valence-corrected chi connectivity index (χ0v) is 10.5. The molecule has 0 unspecified atom stereocenters. The summed E-state index contributed by atoms with van der Waals surface area (Å²) in [6, 6.07) is 14.5. The number of hydrogen-bond donors (Lipinski definition) is 1. The fraction of sp³-hybridized carbons (Fsp3) is 0.188. The lowest BCUT2D eigenvalue weighted by atomic mass is 9.98. The van der Waals surface area contributed by atoms with Gasteiger partial charge in [-0.1, -0.05) is 42.0 Å². The number of para-hydroxylation sites is 1. The van der Waals surface area contributed by atoms with Crippen LogP contribution in [0.3, 0.4) is 0 Å². The second-order valence-electron chi connectivity index (χ2n) is 4.75. The Morgan fingerprint density at radius 1 is 1.11 bits per heavy atom. The summed E-state index contributed by atoms with van der Waals surface area (Å²) in [4.78, 5) is 12.2. The summed E-state index contributed by atoms with van der Waals surface area (Å²) in [5.41, 5.74) is 2.34. The zero-order chi connectivity index (χ0) is 13.4. The number of carbonyl (C=O) groups excluding carboxylic acids is 1. The highest BCUT2D eigenvalue weighted by Gasteiger charge is 2.37. The van der Waals surface area contributed by atoms with E-state index in [4.69, 9.17) is 4.74 Å². The van der Waals surface area contributed by atoms with Crippen LogP contribution in [0.1, 0.15) is 27.6 Å². The molecule has 2 aromatic carbocycles. The molecule has 0 amide bonds. The van der Waals surface area contributed by atoms with E-state index in [9.17, 15) is 9.90 Å². The van der Waals surface area contributed by atoms with E-state index in [1.54, 1.807) is 18.2 Å². The Hall–Kier alpha value is -2.13. The predicted molar refractivity (Wildman–Crippen MR) is 71.3 cm³/mol. The summed E-state index contributed by atoms with van der Waals surface area (Å²) < 4.78 is 5.57. The zero-order valence-electron chi connectivity index (χ0n) is 10.5. The van der Waals surface area contributed by atoms with Gasteiger partial charge in [-0.3, -0.25) is 4.79 Å². The van der Waals surface area contributed by atoms with Crippen LogP contribution >= 0.6 is 0 Å². The lowest BCUT2D eigenvalue weighted by Crippen LogP contribution is -2.28. The Morgan fingerprint density at radius 3 is 2.47 bits per heavy atom. The smallest absolute Gasteiger partial charge is 0.210 e. The Kier molecular flexibility index (Phi) is 2.84. The molecule has 1 heterocycles. The Morgan fingerprint density at radius 2 is 1.79 bits per heavy atom. The molecule has 1 N–H and O–H groups in total. The van der Waals surface area contributed by atoms with E-state index < -0.39 is 12.2 Å². The monoisotopic (exact) mass is 254 g/mol. The summed E-state index contributed by atoms with van der Waals surface area (Å²) >= 11 is 0. The molecule has 0 aromatic heterocycles. The average Bonchev–Trinajstić information content (AvgIpc) is 2.77. The Balaban J connectivity index is 1.89. The Bertz CT molecular complexity index is 616. The molecule has 0 radical (unpaired) electrons. The number of aliphatic hydroxyl groups excluding tert-OH is 1. The number of ketones is 1. The maximum absolute atomic E-state index is 12.2. The third kappa shape index (κ3) is 2.02. The van der Waals surface area contributed by atoms with Gasteiger partial charge in [0, 0.05) is 0 Å². The van der Waals surface area contributed by atoms with Crippen LogP contribution in [0, 0.1) is 6.92 Å². The molecule has 0 saturated heterocycles. The summed E-state index contributed by atoms with van der Waals surface area (Å²) in [7, 11) is 0. The van der Waals surface area contributed by atoms with Crippen LogP contribution in [-0.2, 0) is 0 Å². The van der Waals surface area contributed by atoms with Gasteiger partial charge in [0.2, 0.25) is 5.78 Å². The van der Waals surface area contributed by atoms with Crippen molar-refractivity contribution in [3.63, 3.8) is 0 Å². The number of rotatable bonds is 2. The van der Waals surface area contributed by atoms with Gasteiger partial charge in [-0.15, -0.1) is 0 Å². The molecule has 1 aliphatic heterocycles. The maximum Gasteiger partial charge on any atom is 0.210 e. The Labute approximate surface area is 111 Å². The van der Waals surface area contributed by atoms with Crippen molar-refractivity contribution < 1.29 is 14.6 Å². The van der Waals surface area contributed by atoms with Gasteiger partial charge in [0.1, 0.15) is 11.9 Å². The quantitative estimate of drug-likeness (QED) is 0.896. The van der Waals surface area contributed by atoms with Crippen molar-refractivity contribution in [2.24, 2.45) is 0 Å². The topological polar surface area (TPSA) is 46.5 Å². The molecular formula is C16H14O3. The third-order valence-electron chi connectivity index (χ3n) is 3.37. The number of carbonyl (C=O) groups is 1. The number of aryl methyl sites for hydroxylation is 1. The van der Waals surface area contributed by atoms with Gasteiger partial charge in [-0.2, -0.15) is 0 Å². The highest BCUT2D eigenvalue weighted by atomic mass is 16.5. The molecule has 96 valence electrons. The van der Waals surface area contributed by atoms with Crippen LogP contribution in [0.4, 0.5) is 0 Å². The van der Waals surface area contributed by atoms with Crippen LogP contribution < -0.4 is 4.74 Å². The van der Waals surface area contributed by atoms with E-state index >= 15 is 0 Å². The van der Waals surface area contributed by atoms with Crippen LogP contribution in [-0.4, -0.2) is 17.0 Å². The van der Waals surface area contributed by atoms with Crippen LogP contribution in [0.2, 0.25) is 0 Å². The van der Waals surface area contributed by atoms with Crippen molar-refractivity contribution in [2.45, 2.75) is 19.1 Å². The largest absolute Gasteiger partial charge is 0.478 e. The molecule has 3 nitrogen and oxygen atoms in total. The predicted octanol–water partition coefficient (Wildman–Crippen LogP) is 2.67. The second kappa shape index (κ2) is 4.52. The molecular weight excluding hydrogens is 240 g/mol. The van der Waals surface area contributed by atoms with E-state index in [1.807, 2.05) is 37.3 Å². The summed E-state index contributed by atoms with van der Waals surface area (Å²) in [6.45, 7) is 1.98. The number of Topliss-reactive ketones (excluding diaryl/α,β-unsaturated/α-hetero) is 1. The molecule has 1 aliphatic rings. The van der Waals surface area contributed by atoms with Gasteiger partial charge in [-0.05, 0) is 24.6 Å². The van der Waals surface area contributed by atoms with E-state index in [1.165, 1.54) is 0 Å².